The van der Waals surface area contributed by atoms with Crippen LogP contribution in [0.1, 0.15) is 43.7 Å². The number of benzene rings is 1. The van der Waals surface area contributed by atoms with Gasteiger partial charge in [-0.25, -0.2) is 0 Å². The lowest BCUT2D eigenvalue weighted by atomic mass is 9.63. The molecule has 2 aliphatic carbocycles. The molecule has 0 spiro atoms. The van der Waals surface area contributed by atoms with Gasteiger partial charge in [0, 0.05) is 6.54 Å². The SMILES string of the molecule is C[C@H]1[C@@H]2CC2c2cc(Br)c(O)cc2[C@]1(C)CCNC(=O)C(F)(F)F. The van der Waals surface area contributed by atoms with E-state index in [1.165, 1.54) is 0 Å². The zero-order chi connectivity index (χ0) is 17.9. The number of carbonyl (C=O) groups is 1. The highest BCUT2D eigenvalue weighted by Crippen LogP contribution is 2.64. The van der Waals surface area contributed by atoms with Crippen molar-refractivity contribution in [2.75, 3.05) is 6.54 Å². The van der Waals surface area contributed by atoms with E-state index in [9.17, 15) is 23.1 Å². The summed E-state index contributed by atoms with van der Waals surface area (Å²) in [5.41, 5.74) is 1.76. The normalized spacial score (nSPS) is 31.2. The number of hydrogen-bond acceptors (Lipinski definition) is 2. The van der Waals surface area contributed by atoms with E-state index in [4.69, 9.17) is 0 Å². The number of alkyl halides is 3. The molecule has 1 aromatic rings. The lowest BCUT2D eigenvalue weighted by Gasteiger charge is -2.42. The highest BCUT2D eigenvalue weighted by atomic mass is 79.9. The van der Waals surface area contributed by atoms with Crippen molar-refractivity contribution < 1.29 is 23.1 Å². The van der Waals surface area contributed by atoms with Crippen LogP contribution in [0.2, 0.25) is 0 Å². The molecule has 0 bridgehead atoms. The summed E-state index contributed by atoms with van der Waals surface area (Å²) < 4.78 is 37.7. The molecule has 0 saturated heterocycles. The summed E-state index contributed by atoms with van der Waals surface area (Å²) >= 11 is 3.33. The molecular weight excluding hydrogens is 387 g/mol. The highest BCUT2D eigenvalue weighted by molar-refractivity contribution is 9.10. The Morgan fingerprint density at radius 3 is 2.75 bits per heavy atom. The van der Waals surface area contributed by atoms with Gasteiger partial charge in [-0.3, -0.25) is 4.79 Å². The Hall–Kier alpha value is -1.24. The fourth-order valence-corrected chi connectivity index (χ4v) is 4.48. The number of nitrogens with one attached hydrogen (secondary N) is 1. The van der Waals surface area contributed by atoms with Gasteiger partial charge in [-0.05, 0) is 75.2 Å². The number of halogens is 4. The van der Waals surface area contributed by atoms with Crippen molar-refractivity contribution in [2.45, 2.75) is 44.2 Å². The molecule has 2 aliphatic rings. The van der Waals surface area contributed by atoms with Crippen LogP contribution >= 0.6 is 15.9 Å². The van der Waals surface area contributed by atoms with Crippen LogP contribution in [-0.2, 0) is 10.2 Å². The first kappa shape index (κ1) is 17.6. The number of phenols is 1. The average molecular weight is 406 g/mol. The Bertz CT molecular complexity index is 691. The molecule has 4 atom stereocenters. The van der Waals surface area contributed by atoms with Crippen molar-refractivity contribution in [3.8, 4) is 5.75 Å². The van der Waals surface area contributed by atoms with Crippen LogP contribution < -0.4 is 5.32 Å². The van der Waals surface area contributed by atoms with E-state index >= 15 is 0 Å². The number of phenolic OH excluding ortho intramolecular Hbond substituents is 1. The van der Waals surface area contributed by atoms with Gasteiger partial charge in [0.1, 0.15) is 5.75 Å². The molecule has 7 heteroatoms. The predicted octanol–water partition coefficient (Wildman–Crippen LogP) is 4.23. The smallest absolute Gasteiger partial charge is 0.471 e. The lowest BCUT2D eigenvalue weighted by Crippen LogP contribution is -2.42. The average Bonchev–Trinajstić information content (AvgIpc) is 3.27. The minimum absolute atomic E-state index is 0.0488. The van der Waals surface area contributed by atoms with Crippen LogP contribution in [0.25, 0.3) is 0 Å². The second kappa shape index (κ2) is 5.64. The molecule has 1 amide bonds. The molecule has 3 nitrogen and oxygen atoms in total. The van der Waals surface area contributed by atoms with Gasteiger partial charge in [-0.2, -0.15) is 13.2 Å². The molecule has 3 rings (SSSR count). The zero-order valence-corrected chi connectivity index (χ0v) is 15.0. The maximum absolute atomic E-state index is 12.3. The summed E-state index contributed by atoms with van der Waals surface area (Å²) in [4.78, 5) is 11.0. The van der Waals surface area contributed by atoms with Crippen molar-refractivity contribution in [1.29, 1.82) is 0 Å². The second-order valence-electron chi connectivity index (χ2n) is 7.11. The third kappa shape index (κ3) is 2.80. The minimum Gasteiger partial charge on any atom is -0.507 e. The van der Waals surface area contributed by atoms with E-state index in [0.717, 1.165) is 17.5 Å². The van der Waals surface area contributed by atoms with Gasteiger partial charge in [0.2, 0.25) is 0 Å². The Balaban J connectivity index is 1.84. The monoisotopic (exact) mass is 405 g/mol. The van der Waals surface area contributed by atoms with Crippen LogP contribution in [0.3, 0.4) is 0 Å². The number of aromatic hydroxyl groups is 1. The number of amides is 1. The molecule has 1 fully saturated rings. The summed E-state index contributed by atoms with van der Waals surface area (Å²) in [6, 6.07) is 3.64. The van der Waals surface area contributed by atoms with Gasteiger partial charge >= 0.3 is 12.1 Å². The van der Waals surface area contributed by atoms with Gasteiger partial charge in [0.25, 0.3) is 0 Å². The first-order valence-electron chi connectivity index (χ1n) is 7.93. The van der Waals surface area contributed by atoms with Crippen molar-refractivity contribution >= 4 is 21.8 Å². The van der Waals surface area contributed by atoms with E-state index in [2.05, 4.69) is 22.9 Å². The quantitative estimate of drug-likeness (QED) is 0.790. The zero-order valence-electron chi connectivity index (χ0n) is 13.4. The topological polar surface area (TPSA) is 49.3 Å². The van der Waals surface area contributed by atoms with E-state index in [0.29, 0.717) is 22.7 Å². The standard InChI is InChI=1S/C17H19BrF3NO2/c1-8-9-5-10(9)11-6-13(18)14(23)7-12(11)16(8,2)3-4-22-15(24)17(19,20)21/h6-10,23H,3-5H2,1-2H3,(H,22,24)/t8-,9-,10?,16+/m0/s1. The van der Waals surface area contributed by atoms with Gasteiger partial charge in [-0.1, -0.05) is 13.8 Å². The van der Waals surface area contributed by atoms with E-state index < -0.39 is 12.1 Å². The van der Waals surface area contributed by atoms with Gasteiger partial charge in [-0.15, -0.1) is 0 Å². The fourth-order valence-electron chi connectivity index (χ4n) is 4.12. The number of fused-ring (bicyclic) bond motifs is 3. The Morgan fingerprint density at radius 2 is 2.12 bits per heavy atom. The molecule has 0 radical (unpaired) electrons. The lowest BCUT2D eigenvalue weighted by molar-refractivity contribution is -0.173. The summed E-state index contributed by atoms with van der Waals surface area (Å²) in [6.45, 7) is 4.07. The van der Waals surface area contributed by atoms with Crippen molar-refractivity contribution in [3.63, 3.8) is 0 Å². The fraction of sp³-hybridized carbons (Fsp3) is 0.588. The molecule has 0 aliphatic heterocycles. The maximum atomic E-state index is 12.3. The molecule has 1 unspecified atom stereocenters. The first-order chi connectivity index (χ1) is 11.1. The molecule has 2 N–H and O–H groups in total. The predicted molar refractivity (Wildman–Crippen MR) is 86.9 cm³/mol. The van der Waals surface area contributed by atoms with Crippen LogP contribution in [0.5, 0.6) is 5.75 Å². The van der Waals surface area contributed by atoms with E-state index in [1.54, 1.807) is 6.07 Å². The molecule has 0 heterocycles. The van der Waals surface area contributed by atoms with Crippen LogP contribution in [-0.4, -0.2) is 23.7 Å². The third-order valence-corrected chi connectivity index (χ3v) is 6.44. The van der Waals surface area contributed by atoms with Crippen molar-refractivity contribution in [2.24, 2.45) is 11.8 Å². The van der Waals surface area contributed by atoms with Crippen LogP contribution in [0, 0.1) is 11.8 Å². The Labute approximate surface area is 146 Å². The van der Waals surface area contributed by atoms with Crippen molar-refractivity contribution in [3.05, 3.63) is 27.7 Å². The largest absolute Gasteiger partial charge is 0.507 e. The minimum atomic E-state index is -4.86. The molecule has 0 aromatic heterocycles. The van der Waals surface area contributed by atoms with Gasteiger partial charge in [0.05, 0.1) is 4.47 Å². The highest BCUT2D eigenvalue weighted by Gasteiger charge is 2.55. The third-order valence-electron chi connectivity index (χ3n) is 5.81. The van der Waals surface area contributed by atoms with Crippen LogP contribution in [0.4, 0.5) is 13.2 Å². The summed E-state index contributed by atoms with van der Waals surface area (Å²) in [7, 11) is 0. The Kier molecular flexibility index (Phi) is 4.13. The summed E-state index contributed by atoms with van der Waals surface area (Å²) in [5.74, 6) is -0.524. The molecule has 1 aromatic carbocycles. The van der Waals surface area contributed by atoms with Crippen molar-refractivity contribution in [1.82, 2.24) is 5.32 Å². The molecule has 24 heavy (non-hydrogen) atoms. The number of carbonyl (C=O) groups excluding carboxylic acids is 1. The maximum Gasteiger partial charge on any atom is 0.471 e. The van der Waals surface area contributed by atoms with E-state index in [1.807, 2.05) is 18.3 Å². The molecule has 132 valence electrons. The molecule has 1 saturated carbocycles. The summed E-state index contributed by atoms with van der Waals surface area (Å²) in [6.07, 6.45) is -3.40. The Morgan fingerprint density at radius 1 is 1.46 bits per heavy atom. The van der Waals surface area contributed by atoms with E-state index in [-0.39, 0.29) is 23.6 Å². The van der Waals surface area contributed by atoms with Gasteiger partial charge < -0.3 is 10.4 Å². The van der Waals surface area contributed by atoms with Crippen LogP contribution in [0.15, 0.2) is 16.6 Å². The molecular formula is C17H19BrF3NO2. The summed E-state index contributed by atoms with van der Waals surface area (Å²) in [5, 5.41) is 12.0. The number of rotatable bonds is 3. The van der Waals surface area contributed by atoms with Gasteiger partial charge in [0.15, 0.2) is 0 Å². The number of hydrogen-bond donors (Lipinski definition) is 2. The second-order valence-corrected chi connectivity index (χ2v) is 7.96. The first-order valence-corrected chi connectivity index (χ1v) is 8.73.